The standard InChI is InChI=1S/C35H37F2N5O4/c1-22-8-11-27(12-9-22)42-31(21-30(40-42)34(2,3)4)39-33(44)38-26-7-5-6-24(19-26)18-23-14-16-41(17-15-23)32(43)25-10-13-28-29(20-25)46-35(36,37)45-28/h5-13,19-21,23H,14-18H2,1-4H3,(H2,38,39,44). The van der Waals surface area contributed by atoms with Crippen LogP contribution in [-0.2, 0) is 11.8 Å². The molecule has 240 valence electrons. The maximum absolute atomic E-state index is 13.4. The average molecular weight is 630 g/mol. The molecule has 3 heterocycles. The fourth-order valence-electron chi connectivity index (χ4n) is 5.71. The molecule has 1 aromatic heterocycles. The van der Waals surface area contributed by atoms with Gasteiger partial charge >= 0.3 is 12.3 Å². The number of carbonyl (C=O) groups is 2. The van der Waals surface area contributed by atoms with Gasteiger partial charge < -0.3 is 19.7 Å². The van der Waals surface area contributed by atoms with Crippen molar-refractivity contribution in [1.29, 1.82) is 0 Å². The molecule has 46 heavy (non-hydrogen) atoms. The molecule has 0 unspecified atom stereocenters. The number of aryl methyl sites for hydroxylation is 1. The molecule has 6 rings (SSSR count). The third-order valence-corrected chi connectivity index (χ3v) is 8.26. The van der Waals surface area contributed by atoms with Crippen molar-refractivity contribution in [2.75, 3.05) is 23.7 Å². The summed E-state index contributed by atoms with van der Waals surface area (Å²) in [5, 5.41) is 10.7. The Labute approximate surface area is 266 Å². The predicted octanol–water partition coefficient (Wildman–Crippen LogP) is 7.54. The number of nitrogens with one attached hydrogen (secondary N) is 2. The van der Waals surface area contributed by atoms with Gasteiger partial charge in [-0.1, -0.05) is 50.6 Å². The fourth-order valence-corrected chi connectivity index (χ4v) is 5.71. The van der Waals surface area contributed by atoms with Gasteiger partial charge in [-0.15, -0.1) is 8.78 Å². The fraction of sp³-hybridized carbons (Fsp3) is 0.343. The smallest absolute Gasteiger partial charge is 0.395 e. The Balaban J connectivity index is 1.05. The lowest BCUT2D eigenvalue weighted by atomic mass is 9.90. The van der Waals surface area contributed by atoms with Crippen LogP contribution in [0.2, 0.25) is 0 Å². The summed E-state index contributed by atoms with van der Waals surface area (Å²) in [5.74, 6) is 0.471. The summed E-state index contributed by atoms with van der Waals surface area (Å²) in [6.45, 7) is 9.37. The van der Waals surface area contributed by atoms with E-state index in [0.717, 1.165) is 41.8 Å². The summed E-state index contributed by atoms with van der Waals surface area (Å²) < 4.78 is 37.4. The van der Waals surface area contributed by atoms with E-state index < -0.39 is 6.29 Å². The number of anilines is 2. The number of urea groups is 1. The summed E-state index contributed by atoms with van der Waals surface area (Å²) >= 11 is 0. The quantitative estimate of drug-likeness (QED) is 0.230. The number of nitrogens with zero attached hydrogens (tertiary/aromatic N) is 3. The van der Waals surface area contributed by atoms with Crippen molar-refractivity contribution in [1.82, 2.24) is 14.7 Å². The van der Waals surface area contributed by atoms with Crippen LogP contribution in [0.25, 0.3) is 5.69 Å². The van der Waals surface area contributed by atoms with Crippen LogP contribution in [0, 0.1) is 12.8 Å². The predicted molar refractivity (Wildman–Crippen MR) is 171 cm³/mol. The first-order chi connectivity index (χ1) is 21.8. The van der Waals surface area contributed by atoms with Crippen molar-refractivity contribution in [2.45, 2.75) is 58.7 Å². The number of likely N-dealkylation sites (tertiary alicyclic amines) is 1. The SMILES string of the molecule is Cc1ccc(-n2nc(C(C)(C)C)cc2NC(=O)Nc2cccc(CC3CCN(C(=O)c4ccc5c(c4)OC(F)(F)O5)CC3)c2)cc1. The van der Waals surface area contributed by atoms with Crippen molar-refractivity contribution < 1.29 is 27.8 Å². The van der Waals surface area contributed by atoms with Gasteiger partial charge in [0, 0.05) is 35.8 Å². The number of amides is 3. The van der Waals surface area contributed by atoms with Gasteiger partial charge in [0.15, 0.2) is 11.5 Å². The molecule has 1 saturated heterocycles. The van der Waals surface area contributed by atoms with Crippen molar-refractivity contribution in [3.05, 3.63) is 95.2 Å². The van der Waals surface area contributed by atoms with E-state index in [4.69, 9.17) is 5.10 Å². The highest BCUT2D eigenvalue weighted by atomic mass is 19.3. The van der Waals surface area contributed by atoms with E-state index in [1.165, 1.54) is 18.2 Å². The van der Waals surface area contributed by atoms with Crippen molar-refractivity contribution >= 4 is 23.4 Å². The lowest BCUT2D eigenvalue weighted by molar-refractivity contribution is -0.286. The monoisotopic (exact) mass is 629 g/mol. The lowest BCUT2D eigenvalue weighted by Gasteiger charge is -2.32. The number of hydrogen-bond donors (Lipinski definition) is 2. The summed E-state index contributed by atoms with van der Waals surface area (Å²) in [6.07, 6.45) is -1.33. The number of fused-ring (bicyclic) bond motifs is 1. The van der Waals surface area contributed by atoms with Crippen LogP contribution in [0.1, 0.15) is 60.8 Å². The van der Waals surface area contributed by atoms with Crippen LogP contribution in [0.3, 0.4) is 0 Å². The van der Waals surface area contributed by atoms with E-state index in [1.54, 1.807) is 9.58 Å². The van der Waals surface area contributed by atoms with E-state index in [2.05, 4.69) is 40.9 Å². The molecule has 2 N–H and O–H groups in total. The number of hydrogen-bond acceptors (Lipinski definition) is 5. The minimum absolute atomic E-state index is 0.0852. The van der Waals surface area contributed by atoms with E-state index in [1.807, 2.05) is 61.5 Å². The molecule has 0 radical (unpaired) electrons. The topological polar surface area (TPSA) is 97.7 Å². The Morgan fingerprint density at radius 1 is 0.935 bits per heavy atom. The molecule has 0 bridgehead atoms. The second-order valence-corrected chi connectivity index (χ2v) is 13.0. The summed E-state index contributed by atoms with van der Waals surface area (Å²) in [5.41, 5.74) is 4.69. The van der Waals surface area contributed by atoms with E-state index >= 15 is 0 Å². The van der Waals surface area contributed by atoms with Crippen LogP contribution in [0.4, 0.5) is 25.1 Å². The number of rotatable bonds is 6. The van der Waals surface area contributed by atoms with Gasteiger partial charge in [0.1, 0.15) is 5.82 Å². The van der Waals surface area contributed by atoms with Crippen molar-refractivity contribution in [3.63, 3.8) is 0 Å². The van der Waals surface area contributed by atoms with Gasteiger partial charge in [0.2, 0.25) is 0 Å². The van der Waals surface area contributed by atoms with Gasteiger partial charge in [-0.3, -0.25) is 10.1 Å². The number of alkyl halides is 2. The van der Waals surface area contributed by atoms with Crippen LogP contribution >= 0.6 is 0 Å². The molecule has 11 heteroatoms. The molecule has 0 spiro atoms. The van der Waals surface area contributed by atoms with E-state index in [-0.39, 0.29) is 34.4 Å². The van der Waals surface area contributed by atoms with E-state index in [9.17, 15) is 18.4 Å². The van der Waals surface area contributed by atoms with Gasteiger partial charge in [0.25, 0.3) is 5.91 Å². The zero-order valence-corrected chi connectivity index (χ0v) is 26.3. The van der Waals surface area contributed by atoms with Crippen molar-refractivity contribution in [2.24, 2.45) is 5.92 Å². The Hall–Kier alpha value is -4.93. The Morgan fingerprint density at radius 2 is 1.65 bits per heavy atom. The highest BCUT2D eigenvalue weighted by molar-refractivity contribution is 5.99. The normalized spacial score (nSPS) is 15.9. The summed E-state index contributed by atoms with van der Waals surface area (Å²) in [4.78, 5) is 27.9. The third-order valence-electron chi connectivity index (χ3n) is 8.26. The molecule has 2 aliphatic rings. The highest BCUT2D eigenvalue weighted by Crippen LogP contribution is 2.41. The van der Waals surface area contributed by atoms with Crippen LogP contribution in [0.15, 0.2) is 72.8 Å². The van der Waals surface area contributed by atoms with E-state index in [0.29, 0.717) is 30.5 Å². The minimum atomic E-state index is -3.72. The van der Waals surface area contributed by atoms with Crippen LogP contribution in [0.5, 0.6) is 11.5 Å². The van der Waals surface area contributed by atoms with Crippen LogP contribution in [-0.4, -0.2) is 46.0 Å². The molecular weight excluding hydrogens is 592 g/mol. The van der Waals surface area contributed by atoms with Gasteiger partial charge in [-0.05, 0) is 80.1 Å². The molecule has 0 atom stereocenters. The minimum Gasteiger partial charge on any atom is -0.395 e. The maximum Gasteiger partial charge on any atom is 0.586 e. The maximum atomic E-state index is 13.4. The number of ether oxygens (including phenoxy) is 2. The molecule has 9 nitrogen and oxygen atoms in total. The largest absolute Gasteiger partial charge is 0.586 e. The first-order valence-corrected chi connectivity index (χ1v) is 15.4. The number of benzene rings is 3. The average Bonchev–Trinajstić information content (AvgIpc) is 3.56. The molecular formula is C35H37F2N5O4. The third kappa shape index (κ3) is 6.98. The number of aromatic nitrogens is 2. The summed E-state index contributed by atoms with van der Waals surface area (Å²) in [6, 6.07) is 21.4. The van der Waals surface area contributed by atoms with Gasteiger partial charge in [-0.2, -0.15) is 5.10 Å². The van der Waals surface area contributed by atoms with Crippen molar-refractivity contribution in [3.8, 4) is 17.2 Å². The zero-order chi connectivity index (χ0) is 32.6. The summed E-state index contributed by atoms with van der Waals surface area (Å²) in [7, 11) is 0. The molecule has 2 aliphatic heterocycles. The Bertz CT molecular complexity index is 1760. The zero-order valence-electron chi connectivity index (χ0n) is 26.3. The Morgan fingerprint density at radius 3 is 2.37 bits per heavy atom. The number of piperidine rings is 1. The first kappa shape index (κ1) is 31.1. The number of halogens is 2. The molecule has 3 amide bonds. The van der Waals surface area contributed by atoms with Crippen LogP contribution < -0.4 is 20.1 Å². The lowest BCUT2D eigenvalue weighted by Crippen LogP contribution is -2.38. The molecule has 0 aliphatic carbocycles. The molecule has 3 aromatic carbocycles. The van der Waals surface area contributed by atoms with Gasteiger partial charge in [-0.25, -0.2) is 9.48 Å². The Kier molecular flexibility index (Phi) is 8.18. The highest BCUT2D eigenvalue weighted by Gasteiger charge is 2.43. The molecule has 0 saturated carbocycles. The first-order valence-electron chi connectivity index (χ1n) is 15.4. The molecule has 4 aromatic rings. The second-order valence-electron chi connectivity index (χ2n) is 13.0. The van der Waals surface area contributed by atoms with Gasteiger partial charge in [0.05, 0.1) is 11.4 Å². The second kappa shape index (κ2) is 12.1. The number of carbonyl (C=O) groups excluding carboxylic acids is 2. The molecule has 1 fully saturated rings.